The predicted octanol–water partition coefficient (Wildman–Crippen LogP) is 1.55. The van der Waals surface area contributed by atoms with Crippen molar-refractivity contribution in [3.05, 3.63) is 54.5 Å². The van der Waals surface area contributed by atoms with Crippen molar-refractivity contribution >= 4 is 5.91 Å². The Hall–Kier alpha value is -2.96. The predicted molar refractivity (Wildman–Crippen MR) is 90.8 cm³/mol. The van der Waals surface area contributed by atoms with Gasteiger partial charge in [-0.05, 0) is 18.2 Å². The first kappa shape index (κ1) is 14.4. The van der Waals surface area contributed by atoms with Crippen LogP contribution < -0.4 is 0 Å². The van der Waals surface area contributed by atoms with E-state index in [1.165, 1.54) is 0 Å². The minimum atomic E-state index is 0.0162. The number of hydrogen-bond donors (Lipinski definition) is 0. The molecule has 0 N–H and O–H groups in total. The third-order valence-electron chi connectivity index (χ3n) is 5.27. The van der Waals surface area contributed by atoms with Crippen LogP contribution in [-0.4, -0.2) is 48.2 Å². The van der Waals surface area contributed by atoms with Gasteiger partial charge in [-0.3, -0.25) is 14.5 Å². The number of rotatable bonds is 2. The van der Waals surface area contributed by atoms with Crippen LogP contribution in [0.3, 0.4) is 0 Å². The number of pyridine rings is 1. The second-order valence-corrected chi connectivity index (χ2v) is 6.80. The molecular formula is C18H18N6O. The second-order valence-electron chi connectivity index (χ2n) is 6.80. The molecule has 1 fully saturated rings. The van der Waals surface area contributed by atoms with Gasteiger partial charge in [0.25, 0.3) is 5.91 Å². The van der Waals surface area contributed by atoms with Gasteiger partial charge < -0.3 is 9.47 Å². The van der Waals surface area contributed by atoms with E-state index in [1.54, 1.807) is 29.3 Å². The molecule has 2 aliphatic heterocycles. The van der Waals surface area contributed by atoms with Crippen LogP contribution in [0.4, 0.5) is 0 Å². The highest BCUT2D eigenvalue weighted by atomic mass is 16.2. The van der Waals surface area contributed by atoms with Gasteiger partial charge in [-0.2, -0.15) is 5.10 Å². The summed E-state index contributed by atoms with van der Waals surface area (Å²) in [6, 6.07) is 5.80. The molecule has 3 aromatic heterocycles. The number of nitrogens with zero attached hydrogens (tertiary/aromatic N) is 6. The summed E-state index contributed by atoms with van der Waals surface area (Å²) in [6.45, 7) is 2.38. The van der Waals surface area contributed by atoms with Crippen molar-refractivity contribution in [2.45, 2.75) is 12.5 Å². The number of amides is 1. The van der Waals surface area contributed by atoms with Crippen LogP contribution in [0.25, 0.3) is 11.3 Å². The molecule has 0 aliphatic carbocycles. The summed E-state index contributed by atoms with van der Waals surface area (Å²) in [5, 5.41) is 4.24. The molecule has 5 rings (SSSR count). The van der Waals surface area contributed by atoms with Crippen molar-refractivity contribution < 1.29 is 4.79 Å². The molecule has 126 valence electrons. The Morgan fingerprint density at radius 3 is 2.76 bits per heavy atom. The SMILES string of the molecule is Cn1ccc(C(=O)N2C[C@H]3Cn4c(-c5ccncc5)cnc4[C@H]3C2)n1. The summed E-state index contributed by atoms with van der Waals surface area (Å²) < 4.78 is 3.96. The molecule has 0 bridgehead atoms. The van der Waals surface area contributed by atoms with E-state index in [0.29, 0.717) is 24.1 Å². The van der Waals surface area contributed by atoms with Crippen molar-refractivity contribution in [1.29, 1.82) is 0 Å². The number of carbonyl (C=O) groups is 1. The molecule has 7 nitrogen and oxygen atoms in total. The molecule has 0 radical (unpaired) electrons. The Balaban J connectivity index is 1.40. The molecule has 0 unspecified atom stereocenters. The van der Waals surface area contributed by atoms with Crippen LogP contribution in [0, 0.1) is 5.92 Å². The highest BCUT2D eigenvalue weighted by Gasteiger charge is 2.44. The van der Waals surface area contributed by atoms with Crippen LogP contribution in [0.5, 0.6) is 0 Å². The van der Waals surface area contributed by atoms with Crippen molar-refractivity contribution in [3.63, 3.8) is 0 Å². The van der Waals surface area contributed by atoms with Gasteiger partial charge in [0.1, 0.15) is 11.5 Å². The average Bonchev–Trinajstić information content (AvgIpc) is 3.36. The molecule has 0 spiro atoms. The first-order valence-electron chi connectivity index (χ1n) is 8.45. The topological polar surface area (TPSA) is 68.8 Å². The van der Waals surface area contributed by atoms with E-state index in [4.69, 9.17) is 0 Å². The van der Waals surface area contributed by atoms with Crippen molar-refractivity contribution in [2.24, 2.45) is 13.0 Å². The average molecular weight is 334 g/mol. The molecule has 7 heteroatoms. The number of fused-ring (bicyclic) bond motifs is 3. The van der Waals surface area contributed by atoms with E-state index in [0.717, 1.165) is 30.2 Å². The van der Waals surface area contributed by atoms with E-state index < -0.39 is 0 Å². The van der Waals surface area contributed by atoms with E-state index in [-0.39, 0.29) is 5.91 Å². The fourth-order valence-electron chi connectivity index (χ4n) is 4.07. The Kier molecular flexibility index (Phi) is 3.03. The van der Waals surface area contributed by atoms with E-state index in [1.807, 2.05) is 30.3 Å². The monoisotopic (exact) mass is 334 g/mol. The van der Waals surface area contributed by atoms with Gasteiger partial charge in [-0.25, -0.2) is 4.98 Å². The number of aryl methyl sites for hydroxylation is 1. The molecule has 0 aromatic carbocycles. The van der Waals surface area contributed by atoms with Gasteiger partial charge >= 0.3 is 0 Å². The maximum atomic E-state index is 12.6. The lowest BCUT2D eigenvalue weighted by Gasteiger charge is -2.16. The molecule has 2 aliphatic rings. The highest BCUT2D eigenvalue weighted by molar-refractivity contribution is 5.92. The maximum Gasteiger partial charge on any atom is 0.274 e. The second kappa shape index (κ2) is 5.27. The third-order valence-corrected chi connectivity index (χ3v) is 5.27. The first-order chi connectivity index (χ1) is 12.2. The zero-order valence-corrected chi connectivity index (χ0v) is 13.9. The summed E-state index contributed by atoms with van der Waals surface area (Å²) in [7, 11) is 1.83. The van der Waals surface area contributed by atoms with Gasteiger partial charge in [0.05, 0.1) is 11.9 Å². The van der Waals surface area contributed by atoms with Crippen molar-refractivity contribution in [3.8, 4) is 11.3 Å². The summed E-state index contributed by atoms with van der Waals surface area (Å²) in [5.74, 6) is 1.84. The zero-order chi connectivity index (χ0) is 17.0. The third kappa shape index (κ3) is 2.19. The summed E-state index contributed by atoms with van der Waals surface area (Å²) >= 11 is 0. The number of aromatic nitrogens is 5. The minimum absolute atomic E-state index is 0.0162. The molecule has 25 heavy (non-hydrogen) atoms. The quantitative estimate of drug-likeness (QED) is 0.713. The molecule has 1 amide bonds. The van der Waals surface area contributed by atoms with Gasteiger partial charge in [0, 0.05) is 62.7 Å². The molecule has 2 atom stereocenters. The Morgan fingerprint density at radius 1 is 1.16 bits per heavy atom. The van der Waals surface area contributed by atoms with Crippen molar-refractivity contribution in [1.82, 2.24) is 29.2 Å². The molecular weight excluding hydrogens is 316 g/mol. The lowest BCUT2D eigenvalue weighted by Crippen LogP contribution is -2.30. The van der Waals surface area contributed by atoms with Crippen LogP contribution in [-0.2, 0) is 13.6 Å². The number of carbonyl (C=O) groups excluding carboxylic acids is 1. The Labute approximate surface area is 144 Å². The van der Waals surface area contributed by atoms with E-state index in [2.05, 4.69) is 19.6 Å². The van der Waals surface area contributed by atoms with Crippen LogP contribution in [0.2, 0.25) is 0 Å². The molecule has 1 saturated heterocycles. The number of likely N-dealkylation sites (tertiary alicyclic amines) is 1. The number of hydrogen-bond acceptors (Lipinski definition) is 4. The fraction of sp³-hybridized carbons (Fsp3) is 0.333. The lowest BCUT2D eigenvalue weighted by atomic mass is 9.99. The highest BCUT2D eigenvalue weighted by Crippen LogP contribution is 2.41. The summed E-state index contributed by atoms with van der Waals surface area (Å²) in [5.41, 5.74) is 2.79. The lowest BCUT2D eigenvalue weighted by molar-refractivity contribution is 0.0776. The molecule has 5 heterocycles. The van der Waals surface area contributed by atoms with E-state index in [9.17, 15) is 4.79 Å². The number of imidazole rings is 1. The van der Waals surface area contributed by atoms with Crippen molar-refractivity contribution in [2.75, 3.05) is 13.1 Å². The van der Waals surface area contributed by atoms with Gasteiger partial charge in [-0.15, -0.1) is 0 Å². The van der Waals surface area contributed by atoms with Crippen LogP contribution in [0.15, 0.2) is 43.0 Å². The standard InChI is InChI=1S/C18H18N6O/c1-22-7-4-15(21-22)18(25)23-9-13-10-24-16(12-2-5-19-6-3-12)8-20-17(24)14(13)11-23/h2-8,13-14H,9-11H2,1H3/t13-,14-/m0/s1. The molecule has 3 aromatic rings. The van der Waals surface area contributed by atoms with Crippen LogP contribution >= 0.6 is 0 Å². The van der Waals surface area contributed by atoms with Crippen LogP contribution in [0.1, 0.15) is 22.2 Å². The van der Waals surface area contributed by atoms with Gasteiger partial charge in [-0.1, -0.05) is 0 Å². The largest absolute Gasteiger partial charge is 0.336 e. The minimum Gasteiger partial charge on any atom is -0.336 e. The summed E-state index contributed by atoms with van der Waals surface area (Å²) in [6.07, 6.45) is 7.35. The molecule has 0 saturated carbocycles. The smallest absolute Gasteiger partial charge is 0.274 e. The normalized spacial score (nSPS) is 21.4. The van der Waals surface area contributed by atoms with Gasteiger partial charge in [0.2, 0.25) is 0 Å². The Bertz CT molecular complexity index is 944. The zero-order valence-electron chi connectivity index (χ0n) is 13.9. The maximum absolute atomic E-state index is 12.6. The first-order valence-corrected chi connectivity index (χ1v) is 8.45. The summed E-state index contributed by atoms with van der Waals surface area (Å²) in [4.78, 5) is 23.3. The van der Waals surface area contributed by atoms with E-state index >= 15 is 0 Å². The fourth-order valence-corrected chi connectivity index (χ4v) is 4.07. The Morgan fingerprint density at radius 2 is 2.00 bits per heavy atom. The van der Waals surface area contributed by atoms with Gasteiger partial charge in [0.15, 0.2) is 0 Å².